The molecule has 1 fully saturated rings. The molecule has 25 heavy (non-hydrogen) atoms. The highest BCUT2D eigenvalue weighted by Gasteiger charge is 2.34. The first-order valence-corrected chi connectivity index (χ1v) is 8.28. The molecule has 1 saturated heterocycles. The maximum atomic E-state index is 12.2. The summed E-state index contributed by atoms with van der Waals surface area (Å²) in [6.45, 7) is 3.43. The largest absolute Gasteiger partial charge is 0.324 e. The molecule has 1 N–H and O–H groups in total. The molecular weight excluding hydrogens is 322 g/mol. The standard InChI is InChI=1S/C18H23N3O4/c1-12-11-17(24)21(18(12)25)10-6-9-16(23)19-14-7-4-5-8-15(14)20(3)13(2)22/h4-5,7-8,12H,6,9-11H2,1-3H3,(H,19,23). The van der Waals surface area contributed by atoms with Crippen molar-refractivity contribution < 1.29 is 19.2 Å². The average Bonchev–Trinajstić information content (AvgIpc) is 2.80. The average molecular weight is 345 g/mol. The number of anilines is 2. The van der Waals surface area contributed by atoms with Crippen LogP contribution in [0.4, 0.5) is 11.4 Å². The van der Waals surface area contributed by atoms with E-state index in [2.05, 4.69) is 5.32 Å². The molecule has 4 amide bonds. The second-order valence-corrected chi connectivity index (χ2v) is 6.24. The third-order valence-corrected chi connectivity index (χ3v) is 4.27. The number of hydrogen-bond acceptors (Lipinski definition) is 4. The molecule has 1 aliphatic rings. The number of likely N-dealkylation sites (tertiary alicyclic amines) is 1. The summed E-state index contributed by atoms with van der Waals surface area (Å²) in [7, 11) is 1.64. The highest BCUT2D eigenvalue weighted by Crippen LogP contribution is 2.25. The number of nitrogens with one attached hydrogen (secondary N) is 1. The zero-order valence-corrected chi connectivity index (χ0v) is 14.7. The molecule has 0 radical (unpaired) electrons. The highest BCUT2D eigenvalue weighted by molar-refractivity contribution is 6.03. The van der Waals surface area contributed by atoms with Gasteiger partial charge in [0.15, 0.2) is 0 Å². The van der Waals surface area contributed by atoms with Crippen molar-refractivity contribution in [3.05, 3.63) is 24.3 Å². The van der Waals surface area contributed by atoms with E-state index in [1.54, 1.807) is 38.2 Å². The Bertz CT molecular complexity index is 701. The van der Waals surface area contributed by atoms with Crippen LogP contribution in [-0.2, 0) is 19.2 Å². The van der Waals surface area contributed by atoms with Crippen LogP contribution in [0.2, 0.25) is 0 Å². The smallest absolute Gasteiger partial charge is 0.232 e. The summed E-state index contributed by atoms with van der Waals surface area (Å²) in [5, 5.41) is 2.78. The Morgan fingerprint density at radius 3 is 2.56 bits per heavy atom. The van der Waals surface area contributed by atoms with Crippen molar-refractivity contribution in [1.29, 1.82) is 0 Å². The van der Waals surface area contributed by atoms with Gasteiger partial charge in [0.1, 0.15) is 0 Å². The number of amides is 4. The number of hydrogen-bond donors (Lipinski definition) is 1. The molecule has 1 unspecified atom stereocenters. The van der Waals surface area contributed by atoms with Crippen molar-refractivity contribution in [3.63, 3.8) is 0 Å². The summed E-state index contributed by atoms with van der Waals surface area (Å²) in [6, 6.07) is 7.04. The van der Waals surface area contributed by atoms with Gasteiger partial charge in [-0.05, 0) is 18.6 Å². The molecule has 1 heterocycles. The van der Waals surface area contributed by atoms with Gasteiger partial charge in [-0.3, -0.25) is 24.1 Å². The van der Waals surface area contributed by atoms with Gasteiger partial charge in [0, 0.05) is 39.3 Å². The van der Waals surface area contributed by atoms with Gasteiger partial charge >= 0.3 is 0 Å². The van der Waals surface area contributed by atoms with Crippen LogP contribution in [0.5, 0.6) is 0 Å². The zero-order valence-electron chi connectivity index (χ0n) is 14.7. The van der Waals surface area contributed by atoms with Crippen LogP contribution in [-0.4, -0.2) is 42.1 Å². The Morgan fingerprint density at radius 2 is 1.96 bits per heavy atom. The Kier molecular flexibility index (Phi) is 5.90. The molecule has 1 aliphatic heterocycles. The van der Waals surface area contributed by atoms with Gasteiger partial charge in [0.25, 0.3) is 0 Å². The lowest BCUT2D eigenvalue weighted by atomic mass is 10.1. The minimum atomic E-state index is -0.268. The molecule has 7 heteroatoms. The van der Waals surface area contributed by atoms with Gasteiger partial charge in [0.2, 0.25) is 23.6 Å². The number of nitrogens with zero attached hydrogens (tertiary/aromatic N) is 2. The van der Waals surface area contributed by atoms with Gasteiger partial charge in [-0.25, -0.2) is 0 Å². The summed E-state index contributed by atoms with van der Waals surface area (Å²) in [5.41, 5.74) is 1.16. The van der Waals surface area contributed by atoms with E-state index in [0.29, 0.717) is 17.8 Å². The molecule has 134 valence electrons. The third kappa shape index (κ3) is 4.43. The maximum absolute atomic E-state index is 12.2. The lowest BCUT2D eigenvalue weighted by molar-refractivity contribution is -0.139. The second kappa shape index (κ2) is 7.92. The molecule has 0 spiro atoms. The fourth-order valence-electron chi connectivity index (χ4n) is 2.74. The lowest BCUT2D eigenvalue weighted by Gasteiger charge is -2.19. The van der Waals surface area contributed by atoms with Crippen LogP contribution in [0.1, 0.15) is 33.1 Å². The molecule has 0 bridgehead atoms. The van der Waals surface area contributed by atoms with Gasteiger partial charge in [-0.2, -0.15) is 0 Å². The first-order valence-electron chi connectivity index (χ1n) is 8.28. The number of para-hydroxylation sites is 2. The monoisotopic (exact) mass is 345 g/mol. The van der Waals surface area contributed by atoms with E-state index < -0.39 is 0 Å². The first-order chi connectivity index (χ1) is 11.8. The molecule has 1 aromatic rings. The van der Waals surface area contributed by atoms with Crippen LogP contribution in [0.3, 0.4) is 0 Å². The maximum Gasteiger partial charge on any atom is 0.232 e. The predicted molar refractivity (Wildman–Crippen MR) is 93.9 cm³/mol. The van der Waals surface area contributed by atoms with Crippen molar-refractivity contribution in [3.8, 4) is 0 Å². The molecule has 7 nitrogen and oxygen atoms in total. The topological polar surface area (TPSA) is 86.8 Å². The number of benzene rings is 1. The fourth-order valence-corrected chi connectivity index (χ4v) is 2.74. The third-order valence-electron chi connectivity index (χ3n) is 4.27. The summed E-state index contributed by atoms with van der Waals surface area (Å²) >= 11 is 0. The number of carbonyl (C=O) groups is 4. The molecule has 2 rings (SSSR count). The first kappa shape index (κ1) is 18.6. The van der Waals surface area contributed by atoms with Gasteiger partial charge in [-0.15, -0.1) is 0 Å². The van der Waals surface area contributed by atoms with E-state index >= 15 is 0 Å². The molecule has 1 aromatic carbocycles. The van der Waals surface area contributed by atoms with Crippen LogP contribution < -0.4 is 10.2 Å². The minimum absolute atomic E-state index is 0.137. The van der Waals surface area contributed by atoms with E-state index in [4.69, 9.17) is 0 Å². The van der Waals surface area contributed by atoms with E-state index in [9.17, 15) is 19.2 Å². The zero-order chi connectivity index (χ0) is 18.6. The van der Waals surface area contributed by atoms with Gasteiger partial charge < -0.3 is 10.2 Å². The molecule has 1 atom stereocenters. The molecular formula is C18H23N3O4. The normalized spacial score (nSPS) is 16.9. The van der Waals surface area contributed by atoms with E-state index in [1.807, 2.05) is 0 Å². The Labute approximate surface area is 147 Å². The Morgan fingerprint density at radius 1 is 1.28 bits per heavy atom. The Hall–Kier alpha value is -2.70. The van der Waals surface area contributed by atoms with Crippen molar-refractivity contribution in [2.75, 3.05) is 23.8 Å². The molecule has 0 aromatic heterocycles. The van der Waals surface area contributed by atoms with Crippen LogP contribution >= 0.6 is 0 Å². The Balaban J connectivity index is 1.90. The number of rotatable bonds is 6. The van der Waals surface area contributed by atoms with E-state index in [1.165, 1.54) is 16.7 Å². The molecule has 0 saturated carbocycles. The van der Waals surface area contributed by atoms with Crippen LogP contribution in [0, 0.1) is 5.92 Å². The quantitative estimate of drug-likeness (QED) is 0.796. The van der Waals surface area contributed by atoms with Gasteiger partial charge in [-0.1, -0.05) is 19.1 Å². The fraction of sp³-hybridized carbons (Fsp3) is 0.444. The SMILES string of the molecule is CC(=O)N(C)c1ccccc1NC(=O)CCCN1C(=O)CC(C)C1=O. The van der Waals surface area contributed by atoms with Crippen molar-refractivity contribution >= 4 is 35.0 Å². The van der Waals surface area contributed by atoms with Crippen molar-refractivity contribution in [2.24, 2.45) is 5.92 Å². The summed E-state index contributed by atoms with van der Waals surface area (Å²) in [6.07, 6.45) is 0.833. The summed E-state index contributed by atoms with van der Waals surface area (Å²) in [4.78, 5) is 49.9. The van der Waals surface area contributed by atoms with Gasteiger partial charge in [0.05, 0.1) is 11.4 Å². The van der Waals surface area contributed by atoms with E-state index in [0.717, 1.165) is 0 Å². The summed E-state index contributed by atoms with van der Waals surface area (Å²) in [5.74, 6) is -0.973. The minimum Gasteiger partial charge on any atom is -0.324 e. The second-order valence-electron chi connectivity index (χ2n) is 6.24. The van der Waals surface area contributed by atoms with Crippen molar-refractivity contribution in [2.45, 2.75) is 33.1 Å². The summed E-state index contributed by atoms with van der Waals surface area (Å²) < 4.78 is 0. The van der Waals surface area contributed by atoms with Crippen LogP contribution in [0.25, 0.3) is 0 Å². The molecule has 0 aliphatic carbocycles. The highest BCUT2D eigenvalue weighted by atomic mass is 16.2. The number of imide groups is 1. The predicted octanol–water partition coefficient (Wildman–Crippen LogP) is 1.78. The lowest BCUT2D eigenvalue weighted by Crippen LogP contribution is -2.31. The van der Waals surface area contributed by atoms with Crippen molar-refractivity contribution in [1.82, 2.24) is 4.90 Å². The van der Waals surface area contributed by atoms with E-state index in [-0.39, 0.29) is 48.9 Å². The van der Waals surface area contributed by atoms with Crippen LogP contribution in [0.15, 0.2) is 24.3 Å². The number of carbonyl (C=O) groups excluding carboxylic acids is 4.